The molecule has 0 saturated carbocycles. The molecule has 0 saturated heterocycles. The molecule has 0 N–H and O–H groups in total. The van der Waals surface area contributed by atoms with Gasteiger partial charge in [0.1, 0.15) is 11.4 Å². The molecular weight excluding hydrogens is 203 g/mol. The molecule has 0 amide bonds. The summed E-state index contributed by atoms with van der Waals surface area (Å²) in [6, 6.07) is 1.24. The van der Waals surface area contributed by atoms with Crippen LogP contribution in [0.1, 0.15) is 21.0 Å². The number of carbonyl (C=O) groups excluding carboxylic acids is 2. The number of carbonyl (C=O) groups is 2. The monoisotopic (exact) mass is 206 g/mol. The van der Waals surface area contributed by atoms with Gasteiger partial charge in [0.25, 0.3) is 10.5 Å². The van der Waals surface area contributed by atoms with Gasteiger partial charge in [-0.05, 0) is 23.2 Å². The van der Waals surface area contributed by atoms with Gasteiger partial charge in [0.05, 0.1) is 0 Å². The minimum Gasteiger partial charge on any atom is -0.274 e. The van der Waals surface area contributed by atoms with Crippen molar-refractivity contribution in [2.24, 2.45) is 7.05 Å². The molecule has 64 valence electrons. The highest BCUT2D eigenvalue weighted by Gasteiger charge is 2.13. The third kappa shape index (κ3) is 1.65. The van der Waals surface area contributed by atoms with Crippen molar-refractivity contribution in [3.8, 4) is 0 Å². The van der Waals surface area contributed by atoms with Gasteiger partial charge >= 0.3 is 0 Å². The van der Waals surface area contributed by atoms with Crippen LogP contribution in [-0.4, -0.2) is 20.3 Å². The van der Waals surface area contributed by atoms with E-state index in [4.69, 9.17) is 23.2 Å². The summed E-state index contributed by atoms with van der Waals surface area (Å²) in [5, 5.41) is 2.28. The number of aromatic nitrogens is 2. The normalized spacial score (nSPS) is 9.92. The van der Waals surface area contributed by atoms with E-state index < -0.39 is 10.5 Å². The highest BCUT2D eigenvalue weighted by atomic mass is 35.5. The van der Waals surface area contributed by atoms with E-state index in [1.807, 2.05) is 0 Å². The SMILES string of the molecule is Cn1nc(C(=O)Cl)cc1C(=O)Cl. The Hall–Kier alpha value is -0.870. The first-order valence-corrected chi connectivity index (χ1v) is 3.71. The molecular formula is C6H4Cl2N2O2. The third-order valence-corrected chi connectivity index (χ3v) is 1.67. The molecule has 6 heteroatoms. The average molecular weight is 207 g/mol. The van der Waals surface area contributed by atoms with Crippen molar-refractivity contribution < 1.29 is 9.59 Å². The molecule has 0 spiro atoms. The highest BCUT2D eigenvalue weighted by Crippen LogP contribution is 2.08. The van der Waals surface area contributed by atoms with Crippen LogP contribution in [0.25, 0.3) is 0 Å². The number of hydrogen-bond donors (Lipinski definition) is 0. The van der Waals surface area contributed by atoms with Crippen molar-refractivity contribution >= 4 is 33.7 Å². The summed E-state index contributed by atoms with van der Waals surface area (Å²) in [6.45, 7) is 0. The lowest BCUT2D eigenvalue weighted by molar-refractivity contribution is 0.106. The Morgan fingerprint density at radius 3 is 2.25 bits per heavy atom. The van der Waals surface area contributed by atoms with Crippen molar-refractivity contribution in [3.05, 3.63) is 17.5 Å². The maximum Gasteiger partial charge on any atom is 0.272 e. The Labute approximate surface area is 78.1 Å². The molecule has 4 nitrogen and oxygen atoms in total. The zero-order chi connectivity index (χ0) is 9.30. The molecule has 0 bridgehead atoms. The molecule has 0 aliphatic carbocycles. The summed E-state index contributed by atoms with van der Waals surface area (Å²) in [6.07, 6.45) is 0. The van der Waals surface area contributed by atoms with Crippen molar-refractivity contribution in [1.29, 1.82) is 0 Å². The first-order chi connectivity index (χ1) is 5.52. The van der Waals surface area contributed by atoms with Gasteiger partial charge in [-0.15, -0.1) is 0 Å². The van der Waals surface area contributed by atoms with Crippen LogP contribution in [0.5, 0.6) is 0 Å². The summed E-state index contributed by atoms with van der Waals surface area (Å²) in [5.74, 6) is 0. The number of halogens is 2. The van der Waals surface area contributed by atoms with E-state index in [-0.39, 0.29) is 11.4 Å². The fourth-order valence-corrected chi connectivity index (χ4v) is 1.02. The second-order valence-electron chi connectivity index (χ2n) is 2.09. The number of hydrogen-bond acceptors (Lipinski definition) is 3. The fraction of sp³-hybridized carbons (Fsp3) is 0.167. The van der Waals surface area contributed by atoms with E-state index >= 15 is 0 Å². The molecule has 0 radical (unpaired) electrons. The van der Waals surface area contributed by atoms with Gasteiger partial charge in [-0.25, -0.2) is 0 Å². The molecule has 0 unspecified atom stereocenters. The molecule has 12 heavy (non-hydrogen) atoms. The Morgan fingerprint density at radius 1 is 1.42 bits per heavy atom. The van der Waals surface area contributed by atoms with Crippen LogP contribution in [0.2, 0.25) is 0 Å². The molecule has 0 aromatic carbocycles. The van der Waals surface area contributed by atoms with Gasteiger partial charge in [0.2, 0.25) is 0 Å². The van der Waals surface area contributed by atoms with Gasteiger partial charge < -0.3 is 0 Å². The average Bonchev–Trinajstić information content (AvgIpc) is 2.30. The number of aryl methyl sites for hydroxylation is 1. The van der Waals surface area contributed by atoms with Crippen LogP contribution in [0.3, 0.4) is 0 Å². The standard InChI is InChI=1S/C6H4Cl2N2O2/c1-10-4(6(8)12)2-3(9-10)5(7)11/h2H,1H3. The van der Waals surface area contributed by atoms with Crippen LogP contribution >= 0.6 is 23.2 Å². The quantitative estimate of drug-likeness (QED) is 0.684. The second-order valence-corrected chi connectivity index (χ2v) is 2.77. The molecule has 1 aromatic heterocycles. The van der Waals surface area contributed by atoms with Crippen LogP contribution in [0.4, 0.5) is 0 Å². The second kappa shape index (κ2) is 3.25. The third-order valence-electron chi connectivity index (χ3n) is 1.28. The van der Waals surface area contributed by atoms with Crippen LogP contribution in [0, 0.1) is 0 Å². The van der Waals surface area contributed by atoms with Crippen molar-refractivity contribution in [2.75, 3.05) is 0 Å². The number of nitrogens with zero attached hydrogens (tertiary/aromatic N) is 2. The van der Waals surface area contributed by atoms with E-state index in [2.05, 4.69) is 5.10 Å². The van der Waals surface area contributed by atoms with Crippen LogP contribution in [-0.2, 0) is 7.05 Å². The van der Waals surface area contributed by atoms with Gasteiger partial charge in [-0.2, -0.15) is 5.10 Å². The first kappa shape index (κ1) is 9.22. The van der Waals surface area contributed by atoms with Crippen molar-refractivity contribution in [2.45, 2.75) is 0 Å². The van der Waals surface area contributed by atoms with Crippen LogP contribution < -0.4 is 0 Å². The Kier molecular flexibility index (Phi) is 2.49. The topological polar surface area (TPSA) is 52.0 Å². The maximum atomic E-state index is 10.7. The van der Waals surface area contributed by atoms with Gasteiger partial charge in [-0.3, -0.25) is 14.3 Å². The van der Waals surface area contributed by atoms with Gasteiger partial charge in [0.15, 0.2) is 0 Å². The van der Waals surface area contributed by atoms with Crippen LogP contribution in [0.15, 0.2) is 6.07 Å². The zero-order valence-electron chi connectivity index (χ0n) is 6.04. The van der Waals surface area contributed by atoms with Gasteiger partial charge in [0, 0.05) is 13.1 Å². The number of rotatable bonds is 2. The first-order valence-electron chi connectivity index (χ1n) is 2.96. The smallest absolute Gasteiger partial charge is 0.272 e. The molecule has 1 aromatic rings. The van der Waals surface area contributed by atoms with Crippen molar-refractivity contribution in [1.82, 2.24) is 9.78 Å². The summed E-state index contributed by atoms with van der Waals surface area (Å²) in [5.41, 5.74) is 0.156. The minimum atomic E-state index is -0.713. The summed E-state index contributed by atoms with van der Waals surface area (Å²) < 4.78 is 1.20. The summed E-state index contributed by atoms with van der Waals surface area (Å²) >= 11 is 10.3. The predicted molar refractivity (Wildman–Crippen MR) is 43.6 cm³/mol. The lowest BCUT2D eigenvalue weighted by atomic mass is 10.4. The molecule has 1 heterocycles. The Morgan fingerprint density at radius 2 is 2.00 bits per heavy atom. The predicted octanol–water partition coefficient (Wildman–Crippen LogP) is 1.18. The Bertz CT molecular complexity index is 345. The molecule has 0 aliphatic rings. The maximum absolute atomic E-state index is 10.7. The Balaban J connectivity index is 3.17. The molecule has 1 rings (SSSR count). The van der Waals surface area contributed by atoms with E-state index in [0.717, 1.165) is 0 Å². The zero-order valence-corrected chi connectivity index (χ0v) is 7.56. The van der Waals surface area contributed by atoms with Crippen molar-refractivity contribution in [3.63, 3.8) is 0 Å². The highest BCUT2D eigenvalue weighted by molar-refractivity contribution is 6.68. The summed E-state index contributed by atoms with van der Waals surface area (Å²) in [4.78, 5) is 21.2. The molecule has 0 atom stereocenters. The van der Waals surface area contributed by atoms with E-state index in [0.29, 0.717) is 0 Å². The molecule has 0 aliphatic heterocycles. The fourth-order valence-electron chi connectivity index (χ4n) is 0.747. The van der Waals surface area contributed by atoms with E-state index in [1.54, 1.807) is 0 Å². The van der Waals surface area contributed by atoms with Gasteiger partial charge in [-0.1, -0.05) is 0 Å². The lowest BCUT2D eigenvalue weighted by Crippen LogP contribution is -2.00. The largest absolute Gasteiger partial charge is 0.274 e. The lowest BCUT2D eigenvalue weighted by Gasteiger charge is -1.90. The van der Waals surface area contributed by atoms with E-state index in [1.165, 1.54) is 17.8 Å². The minimum absolute atomic E-state index is 0.0168. The summed E-state index contributed by atoms with van der Waals surface area (Å²) in [7, 11) is 1.50. The molecule has 0 fully saturated rings. The van der Waals surface area contributed by atoms with E-state index in [9.17, 15) is 9.59 Å².